The maximum atomic E-state index is 12.8. The second-order valence-corrected chi connectivity index (χ2v) is 3.68. The third kappa shape index (κ3) is 5.38. The van der Waals surface area contributed by atoms with Gasteiger partial charge in [-0.1, -0.05) is 0 Å². The van der Waals surface area contributed by atoms with Crippen molar-refractivity contribution in [2.24, 2.45) is 0 Å². The van der Waals surface area contributed by atoms with Crippen molar-refractivity contribution < 1.29 is 23.1 Å². The maximum Gasteiger partial charge on any atom is 0.227 e. The molecule has 0 spiro atoms. The minimum Gasteiger partial charge on any atom is -0.492 e. The SMILES string of the molecule is CC(=O)CC(=O)NCCOc1cc(F)cc(F)c1. The highest BCUT2D eigenvalue weighted by molar-refractivity contribution is 5.96. The van der Waals surface area contributed by atoms with Gasteiger partial charge in [0.15, 0.2) is 0 Å². The molecule has 6 heteroatoms. The molecule has 0 aliphatic heterocycles. The molecule has 18 heavy (non-hydrogen) atoms. The van der Waals surface area contributed by atoms with Gasteiger partial charge in [-0.05, 0) is 6.92 Å². The quantitative estimate of drug-likeness (QED) is 0.619. The number of halogens is 2. The monoisotopic (exact) mass is 257 g/mol. The van der Waals surface area contributed by atoms with Crippen molar-refractivity contribution in [3.05, 3.63) is 29.8 Å². The van der Waals surface area contributed by atoms with Crippen LogP contribution in [0.4, 0.5) is 8.78 Å². The molecule has 1 aromatic carbocycles. The Bertz CT molecular complexity index is 429. The van der Waals surface area contributed by atoms with E-state index in [1.807, 2.05) is 0 Å². The van der Waals surface area contributed by atoms with Crippen LogP contribution in [0.25, 0.3) is 0 Å². The van der Waals surface area contributed by atoms with E-state index in [1.165, 1.54) is 6.92 Å². The summed E-state index contributed by atoms with van der Waals surface area (Å²) in [5, 5.41) is 2.44. The second kappa shape index (κ2) is 6.68. The van der Waals surface area contributed by atoms with E-state index in [4.69, 9.17) is 4.74 Å². The predicted molar refractivity (Wildman–Crippen MR) is 60.2 cm³/mol. The van der Waals surface area contributed by atoms with E-state index in [9.17, 15) is 18.4 Å². The molecule has 1 N–H and O–H groups in total. The normalized spacial score (nSPS) is 9.94. The Morgan fingerprint density at radius 2 is 1.83 bits per heavy atom. The standard InChI is InChI=1S/C12H13F2NO3/c1-8(16)4-12(17)15-2-3-18-11-6-9(13)5-10(14)7-11/h5-7H,2-4H2,1H3,(H,15,17). The van der Waals surface area contributed by atoms with Crippen molar-refractivity contribution >= 4 is 11.7 Å². The van der Waals surface area contributed by atoms with Crippen molar-refractivity contribution in [2.45, 2.75) is 13.3 Å². The van der Waals surface area contributed by atoms with E-state index in [-0.39, 0.29) is 31.1 Å². The van der Waals surface area contributed by atoms with Crippen LogP contribution < -0.4 is 10.1 Å². The Balaban J connectivity index is 2.29. The fourth-order valence-electron chi connectivity index (χ4n) is 1.26. The van der Waals surface area contributed by atoms with Crippen LogP contribution in [0.3, 0.4) is 0 Å². The largest absolute Gasteiger partial charge is 0.492 e. The first-order valence-electron chi connectivity index (χ1n) is 5.32. The summed E-state index contributed by atoms with van der Waals surface area (Å²) in [6.45, 7) is 1.53. The van der Waals surface area contributed by atoms with Crippen molar-refractivity contribution in [1.29, 1.82) is 0 Å². The molecule has 1 rings (SSSR count). The fraction of sp³-hybridized carbons (Fsp3) is 0.333. The first kappa shape index (κ1) is 14.1. The number of carbonyl (C=O) groups is 2. The zero-order chi connectivity index (χ0) is 13.5. The highest BCUT2D eigenvalue weighted by Gasteiger charge is 2.04. The summed E-state index contributed by atoms with van der Waals surface area (Å²) in [4.78, 5) is 21.7. The number of ether oxygens (including phenoxy) is 1. The molecule has 0 heterocycles. The molecule has 4 nitrogen and oxygen atoms in total. The maximum absolute atomic E-state index is 12.8. The number of carbonyl (C=O) groups excluding carboxylic acids is 2. The summed E-state index contributed by atoms with van der Waals surface area (Å²) in [5.74, 6) is -2.05. The van der Waals surface area contributed by atoms with Crippen LogP contribution in [0.5, 0.6) is 5.75 Å². The number of Topliss-reactive ketones (excluding diaryl/α,β-unsaturated/α-hetero) is 1. The van der Waals surface area contributed by atoms with E-state index in [0.29, 0.717) is 0 Å². The van der Waals surface area contributed by atoms with Gasteiger partial charge in [-0.15, -0.1) is 0 Å². The van der Waals surface area contributed by atoms with Gasteiger partial charge in [0.25, 0.3) is 0 Å². The van der Waals surface area contributed by atoms with Crippen LogP contribution in [0.2, 0.25) is 0 Å². The lowest BCUT2D eigenvalue weighted by Gasteiger charge is -2.07. The highest BCUT2D eigenvalue weighted by Crippen LogP contribution is 2.14. The summed E-state index contributed by atoms with van der Waals surface area (Å²) in [7, 11) is 0. The molecule has 0 aliphatic carbocycles. The van der Waals surface area contributed by atoms with Gasteiger partial charge < -0.3 is 10.1 Å². The predicted octanol–water partition coefficient (Wildman–Crippen LogP) is 1.44. The van der Waals surface area contributed by atoms with Gasteiger partial charge in [0.2, 0.25) is 5.91 Å². The van der Waals surface area contributed by atoms with E-state index in [0.717, 1.165) is 18.2 Å². The third-order valence-corrected chi connectivity index (χ3v) is 1.94. The Kier molecular flexibility index (Phi) is 5.23. The molecular formula is C12H13F2NO3. The molecule has 1 aromatic rings. The summed E-state index contributed by atoms with van der Waals surface area (Å²) >= 11 is 0. The molecule has 0 saturated carbocycles. The van der Waals surface area contributed by atoms with E-state index < -0.39 is 17.5 Å². The third-order valence-electron chi connectivity index (χ3n) is 1.94. The van der Waals surface area contributed by atoms with Crippen LogP contribution in [-0.4, -0.2) is 24.8 Å². The van der Waals surface area contributed by atoms with Gasteiger partial charge in [0, 0.05) is 18.2 Å². The van der Waals surface area contributed by atoms with Crippen molar-refractivity contribution in [3.63, 3.8) is 0 Å². The number of hydrogen-bond acceptors (Lipinski definition) is 3. The number of hydrogen-bond donors (Lipinski definition) is 1. The first-order valence-corrected chi connectivity index (χ1v) is 5.32. The first-order chi connectivity index (χ1) is 8.47. The van der Waals surface area contributed by atoms with E-state index in [1.54, 1.807) is 0 Å². The van der Waals surface area contributed by atoms with Crippen LogP contribution in [0.1, 0.15) is 13.3 Å². The van der Waals surface area contributed by atoms with Gasteiger partial charge in [-0.3, -0.25) is 9.59 Å². The van der Waals surface area contributed by atoms with Crippen LogP contribution in [0, 0.1) is 11.6 Å². The Labute approximate surface area is 103 Å². The fourth-order valence-corrected chi connectivity index (χ4v) is 1.26. The number of nitrogens with one attached hydrogen (secondary N) is 1. The van der Waals surface area contributed by atoms with Gasteiger partial charge in [0.1, 0.15) is 29.8 Å². The topological polar surface area (TPSA) is 55.4 Å². The van der Waals surface area contributed by atoms with Crippen LogP contribution in [0.15, 0.2) is 18.2 Å². The summed E-state index contributed by atoms with van der Waals surface area (Å²) in [5.41, 5.74) is 0. The number of ketones is 1. The molecule has 0 radical (unpaired) electrons. The minimum absolute atomic E-state index is 0.0494. The van der Waals surface area contributed by atoms with E-state index in [2.05, 4.69) is 5.32 Å². The molecule has 0 aromatic heterocycles. The van der Waals surface area contributed by atoms with Crippen molar-refractivity contribution in [1.82, 2.24) is 5.32 Å². The van der Waals surface area contributed by atoms with Crippen LogP contribution in [-0.2, 0) is 9.59 Å². The second-order valence-electron chi connectivity index (χ2n) is 3.68. The summed E-state index contributed by atoms with van der Waals surface area (Å²) in [6, 6.07) is 2.82. The van der Waals surface area contributed by atoms with Crippen LogP contribution >= 0.6 is 0 Å². The molecule has 0 bridgehead atoms. The molecule has 1 amide bonds. The Morgan fingerprint density at radius 1 is 1.22 bits per heavy atom. The number of rotatable bonds is 6. The lowest BCUT2D eigenvalue weighted by atomic mass is 10.3. The number of benzene rings is 1. The minimum atomic E-state index is -0.731. The van der Waals surface area contributed by atoms with Gasteiger partial charge in [-0.25, -0.2) is 8.78 Å². The highest BCUT2D eigenvalue weighted by atomic mass is 19.1. The zero-order valence-electron chi connectivity index (χ0n) is 9.83. The molecular weight excluding hydrogens is 244 g/mol. The number of amides is 1. The lowest BCUT2D eigenvalue weighted by molar-refractivity contribution is -0.127. The molecule has 0 fully saturated rings. The molecule has 0 atom stereocenters. The van der Waals surface area contributed by atoms with Crippen molar-refractivity contribution in [2.75, 3.05) is 13.2 Å². The lowest BCUT2D eigenvalue weighted by Crippen LogP contribution is -2.29. The average molecular weight is 257 g/mol. The Morgan fingerprint density at radius 3 is 2.39 bits per heavy atom. The Hall–Kier alpha value is -1.98. The van der Waals surface area contributed by atoms with Gasteiger partial charge in [0.05, 0.1) is 13.0 Å². The summed E-state index contributed by atoms with van der Waals surface area (Å²) in [6.07, 6.45) is -0.186. The molecule has 0 saturated heterocycles. The van der Waals surface area contributed by atoms with Crippen molar-refractivity contribution in [3.8, 4) is 5.75 Å². The van der Waals surface area contributed by atoms with E-state index >= 15 is 0 Å². The molecule has 0 aliphatic rings. The zero-order valence-corrected chi connectivity index (χ0v) is 9.83. The summed E-state index contributed by atoms with van der Waals surface area (Å²) < 4.78 is 30.6. The smallest absolute Gasteiger partial charge is 0.227 e. The van der Waals surface area contributed by atoms with Gasteiger partial charge >= 0.3 is 0 Å². The van der Waals surface area contributed by atoms with Gasteiger partial charge in [-0.2, -0.15) is 0 Å². The average Bonchev–Trinajstić information content (AvgIpc) is 2.22. The molecule has 98 valence electrons. The molecule has 0 unspecified atom stereocenters.